The molecule has 0 aliphatic heterocycles. The van der Waals surface area contributed by atoms with Crippen molar-refractivity contribution in [2.24, 2.45) is 4.99 Å². The van der Waals surface area contributed by atoms with E-state index in [2.05, 4.69) is 36.1 Å². The van der Waals surface area contributed by atoms with Gasteiger partial charge in [-0.05, 0) is 32.6 Å². The van der Waals surface area contributed by atoms with Gasteiger partial charge in [0.25, 0.3) is 0 Å². The van der Waals surface area contributed by atoms with Crippen LogP contribution in [0.15, 0.2) is 4.99 Å². The number of rotatable bonds is 10. The van der Waals surface area contributed by atoms with E-state index in [1.807, 2.05) is 0 Å². The molecule has 4 heteroatoms. The molecule has 0 bridgehead atoms. The maximum Gasteiger partial charge on any atom is 0.193 e. The van der Waals surface area contributed by atoms with Crippen molar-refractivity contribution in [2.45, 2.75) is 46.0 Å². The van der Waals surface area contributed by atoms with Crippen molar-refractivity contribution in [2.75, 3.05) is 40.4 Å². The maximum absolute atomic E-state index is 5.03. The molecule has 0 aromatic carbocycles. The summed E-state index contributed by atoms with van der Waals surface area (Å²) in [5.74, 6) is 1.04. The summed E-state index contributed by atoms with van der Waals surface area (Å²) in [7, 11) is 3.87. The Morgan fingerprint density at radius 1 is 1.17 bits per heavy atom. The molecule has 18 heavy (non-hydrogen) atoms. The highest BCUT2D eigenvalue weighted by Crippen LogP contribution is 1.98. The molecule has 0 atom stereocenters. The van der Waals surface area contributed by atoms with Crippen molar-refractivity contribution in [3.63, 3.8) is 0 Å². The molecule has 0 aliphatic rings. The minimum Gasteiger partial charge on any atom is -0.385 e. The van der Waals surface area contributed by atoms with Crippen LogP contribution >= 0.6 is 0 Å². The SMILES string of the molecule is CCCCN(C)C(=NCCCCCOC)NCC. The number of ether oxygens (including phenoxy) is 1. The van der Waals surface area contributed by atoms with Gasteiger partial charge in [0.05, 0.1) is 0 Å². The third kappa shape index (κ3) is 9.28. The van der Waals surface area contributed by atoms with Crippen LogP contribution in [-0.2, 0) is 4.74 Å². The zero-order valence-electron chi connectivity index (χ0n) is 12.7. The Bertz CT molecular complexity index is 207. The third-order valence-electron chi connectivity index (χ3n) is 2.81. The summed E-state index contributed by atoms with van der Waals surface area (Å²) in [6, 6.07) is 0. The molecule has 0 heterocycles. The zero-order valence-corrected chi connectivity index (χ0v) is 12.7. The molecule has 108 valence electrons. The van der Waals surface area contributed by atoms with Crippen LogP contribution in [0.2, 0.25) is 0 Å². The number of hydrogen-bond acceptors (Lipinski definition) is 2. The molecular formula is C14H31N3O. The summed E-state index contributed by atoms with van der Waals surface area (Å²) in [5, 5.41) is 3.34. The smallest absolute Gasteiger partial charge is 0.193 e. The normalized spacial score (nSPS) is 11.7. The van der Waals surface area contributed by atoms with Crippen LogP contribution in [0, 0.1) is 0 Å². The lowest BCUT2D eigenvalue weighted by atomic mass is 10.2. The quantitative estimate of drug-likeness (QED) is 0.371. The van der Waals surface area contributed by atoms with E-state index in [9.17, 15) is 0 Å². The molecular weight excluding hydrogens is 226 g/mol. The van der Waals surface area contributed by atoms with Crippen molar-refractivity contribution in [3.8, 4) is 0 Å². The van der Waals surface area contributed by atoms with E-state index in [-0.39, 0.29) is 0 Å². The van der Waals surface area contributed by atoms with Gasteiger partial charge < -0.3 is 15.0 Å². The zero-order chi connectivity index (χ0) is 13.6. The first kappa shape index (κ1) is 17.2. The fourth-order valence-corrected chi connectivity index (χ4v) is 1.69. The Hall–Kier alpha value is -0.770. The van der Waals surface area contributed by atoms with Crippen LogP contribution in [-0.4, -0.2) is 51.3 Å². The second kappa shape index (κ2) is 12.7. The van der Waals surface area contributed by atoms with Crippen molar-refractivity contribution >= 4 is 5.96 Å². The fourth-order valence-electron chi connectivity index (χ4n) is 1.69. The van der Waals surface area contributed by atoms with E-state index < -0.39 is 0 Å². The van der Waals surface area contributed by atoms with Gasteiger partial charge in [-0.3, -0.25) is 4.99 Å². The number of hydrogen-bond donors (Lipinski definition) is 1. The van der Waals surface area contributed by atoms with Crippen LogP contribution in [0.5, 0.6) is 0 Å². The van der Waals surface area contributed by atoms with E-state index in [0.717, 1.165) is 45.0 Å². The number of methoxy groups -OCH3 is 1. The first-order valence-corrected chi connectivity index (χ1v) is 7.24. The summed E-state index contributed by atoms with van der Waals surface area (Å²) < 4.78 is 5.03. The topological polar surface area (TPSA) is 36.9 Å². The molecule has 4 nitrogen and oxygen atoms in total. The molecule has 0 fully saturated rings. The second-order valence-electron chi connectivity index (χ2n) is 4.56. The highest BCUT2D eigenvalue weighted by Gasteiger charge is 2.03. The number of guanidine groups is 1. The number of aliphatic imine (C=N–C) groups is 1. The molecule has 0 unspecified atom stereocenters. The first-order chi connectivity index (χ1) is 8.76. The Balaban J connectivity index is 3.90. The van der Waals surface area contributed by atoms with E-state index >= 15 is 0 Å². The lowest BCUT2D eigenvalue weighted by Gasteiger charge is -2.21. The lowest BCUT2D eigenvalue weighted by Crippen LogP contribution is -2.39. The Morgan fingerprint density at radius 3 is 2.56 bits per heavy atom. The molecule has 0 aliphatic carbocycles. The fraction of sp³-hybridized carbons (Fsp3) is 0.929. The second-order valence-corrected chi connectivity index (χ2v) is 4.56. The molecule has 0 aromatic rings. The predicted molar refractivity (Wildman–Crippen MR) is 79.2 cm³/mol. The molecule has 0 rings (SSSR count). The van der Waals surface area contributed by atoms with Gasteiger partial charge in [0, 0.05) is 40.4 Å². The molecule has 0 saturated carbocycles. The monoisotopic (exact) mass is 257 g/mol. The Kier molecular flexibility index (Phi) is 12.1. The number of nitrogens with one attached hydrogen (secondary N) is 1. The molecule has 0 spiro atoms. The standard InChI is InChI=1S/C14H31N3O/c1-5-7-12-17(3)14(15-6-2)16-11-9-8-10-13-18-4/h5-13H2,1-4H3,(H,15,16). The average molecular weight is 257 g/mol. The van der Waals surface area contributed by atoms with Crippen molar-refractivity contribution < 1.29 is 4.74 Å². The summed E-state index contributed by atoms with van der Waals surface area (Å²) in [5.41, 5.74) is 0. The average Bonchev–Trinajstić information content (AvgIpc) is 2.38. The van der Waals surface area contributed by atoms with E-state index in [1.54, 1.807) is 7.11 Å². The van der Waals surface area contributed by atoms with E-state index in [1.165, 1.54) is 19.3 Å². The van der Waals surface area contributed by atoms with Gasteiger partial charge in [-0.25, -0.2) is 0 Å². The highest BCUT2D eigenvalue weighted by molar-refractivity contribution is 5.79. The maximum atomic E-state index is 5.03. The Labute approximate surface area is 113 Å². The van der Waals surface area contributed by atoms with Gasteiger partial charge in [-0.15, -0.1) is 0 Å². The van der Waals surface area contributed by atoms with Crippen LogP contribution < -0.4 is 5.32 Å². The van der Waals surface area contributed by atoms with Gasteiger partial charge in [-0.2, -0.15) is 0 Å². The van der Waals surface area contributed by atoms with Crippen molar-refractivity contribution in [3.05, 3.63) is 0 Å². The first-order valence-electron chi connectivity index (χ1n) is 7.24. The Morgan fingerprint density at radius 2 is 1.94 bits per heavy atom. The molecule has 0 aromatic heterocycles. The summed E-state index contributed by atoms with van der Waals surface area (Å²) >= 11 is 0. The van der Waals surface area contributed by atoms with Gasteiger partial charge in [0.2, 0.25) is 0 Å². The van der Waals surface area contributed by atoms with E-state index in [0.29, 0.717) is 0 Å². The summed E-state index contributed by atoms with van der Waals surface area (Å²) in [4.78, 5) is 6.88. The van der Waals surface area contributed by atoms with Gasteiger partial charge in [-0.1, -0.05) is 13.3 Å². The number of nitrogens with zero attached hydrogens (tertiary/aromatic N) is 2. The van der Waals surface area contributed by atoms with Crippen LogP contribution in [0.1, 0.15) is 46.0 Å². The lowest BCUT2D eigenvalue weighted by molar-refractivity contribution is 0.192. The third-order valence-corrected chi connectivity index (χ3v) is 2.81. The van der Waals surface area contributed by atoms with Crippen LogP contribution in [0.25, 0.3) is 0 Å². The minimum absolute atomic E-state index is 0.861. The summed E-state index contributed by atoms with van der Waals surface area (Å²) in [6.07, 6.45) is 5.90. The number of unbranched alkanes of at least 4 members (excludes halogenated alkanes) is 3. The van der Waals surface area contributed by atoms with Crippen LogP contribution in [0.3, 0.4) is 0 Å². The molecule has 1 N–H and O–H groups in total. The van der Waals surface area contributed by atoms with Gasteiger partial charge in [0.15, 0.2) is 5.96 Å². The van der Waals surface area contributed by atoms with Crippen molar-refractivity contribution in [1.82, 2.24) is 10.2 Å². The van der Waals surface area contributed by atoms with Gasteiger partial charge in [0.1, 0.15) is 0 Å². The summed E-state index contributed by atoms with van der Waals surface area (Å²) in [6.45, 7) is 8.10. The molecule has 0 radical (unpaired) electrons. The van der Waals surface area contributed by atoms with Crippen LogP contribution in [0.4, 0.5) is 0 Å². The van der Waals surface area contributed by atoms with Crippen molar-refractivity contribution in [1.29, 1.82) is 0 Å². The molecule has 0 amide bonds. The van der Waals surface area contributed by atoms with E-state index in [4.69, 9.17) is 4.74 Å². The largest absolute Gasteiger partial charge is 0.385 e. The predicted octanol–water partition coefficient (Wildman–Crippen LogP) is 2.50. The molecule has 0 saturated heterocycles. The minimum atomic E-state index is 0.861. The van der Waals surface area contributed by atoms with Gasteiger partial charge >= 0.3 is 0 Å². The highest BCUT2D eigenvalue weighted by atomic mass is 16.5.